The number of hydrogen-bond donors (Lipinski definition) is 0. The average Bonchev–Trinajstić information content (AvgIpc) is 2.92. The lowest BCUT2D eigenvalue weighted by Crippen LogP contribution is -2.02. The summed E-state index contributed by atoms with van der Waals surface area (Å²) in [7, 11) is 2.96. The third-order valence-electron chi connectivity index (χ3n) is 3.00. The highest BCUT2D eigenvalue weighted by Crippen LogP contribution is 2.30. The first-order valence-electron chi connectivity index (χ1n) is 5.57. The minimum Gasteiger partial charge on any atom is -0.493 e. The number of nitrogens with zero attached hydrogens (tertiary/aromatic N) is 3. The SMILES string of the molecule is Cn1c(-c2ccc3c(c2)CCO3)nnc1S(=O)(=O)Cl. The fraction of sp³-hybridized carbons (Fsp3) is 0.273. The van der Waals surface area contributed by atoms with Gasteiger partial charge in [-0.15, -0.1) is 10.2 Å². The minimum absolute atomic E-state index is 0.263. The van der Waals surface area contributed by atoms with Gasteiger partial charge in [-0.05, 0) is 23.8 Å². The van der Waals surface area contributed by atoms with Gasteiger partial charge >= 0.3 is 0 Å². The van der Waals surface area contributed by atoms with Crippen LogP contribution in [0.25, 0.3) is 11.4 Å². The number of halogens is 1. The van der Waals surface area contributed by atoms with Crippen LogP contribution in [-0.2, 0) is 22.5 Å². The van der Waals surface area contributed by atoms with E-state index in [-0.39, 0.29) is 5.16 Å². The van der Waals surface area contributed by atoms with Gasteiger partial charge in [-0.1, -0.05) is 0 Å². The summed E-state index contributed by atoms with van der Waals surface area (Å²) in [4.78, 5) is 0. The van der Waals surface area contributed by atoms with Crippen LogP contribution in [0.15, 0.2) is 23.4 Å². The van der Waals surface area contributed by atoms with Crippen LogP contribution in [0.4, 0.5) is 0 Å². The second-order valence-corrected chi connectivity index (χ2v) is 6.68. The van der Waals surface area contributed by atoms with E-state index in [2.05, 4.69) is 10.2 Å². The van der Waals surface area contributed by atoms with Crippen molar-refractivity contribution in [1.29, 1.82) is 0 Å². The molecule has 0 bridgehead atoms. The molecule has 0 atom stereocenters. The summed E-state index contributed by atoms with van der Waals surface area (Å²) in [5, 5.41) is 7.24. The van der Waals surface area contributed by atoms with E-state index in [1.165, 1.54) is 4.57 Å². The maximum Gasteiger partial charge on any atom is 0.296 e. The van der Waals surface area contributed by atoms with Crippen LogP contribution in [0.3, 0.4) is 0 Å². The summed E-state index contributed by atoms with van der Waals surface area (Å²) >= 11 is 0. The van der Waals surface area contributed by atoms with E-state index >= 15 is 0 Å². The van der Waals surface area contributed by atoms with E-state index < -0.39 is 9.05 Å². The van der Waals surface area contributed by atoms with Crippen molar-refractivity contribution < 1.29 is 13.2 Å². The molecule has 6 nitrogen and oxygen atoms in total. The zero-order valence-electron chi connectivity index (χ0n) is 10.00. The Kier molecular flexibility index (Phi) is 2.75. The molecule has 1 aromatic carbocycles. The van der Waals surface area contributed by atoms with Crippen molar-refractivity contribution in [2.75, 3.05) is 6.61 Å². The lowest BCUT2D eigenvalue weighted by Gasteiger charge is -2.04. The van der Waals surface area contributed by atoms with Gasteiger partial charge < -0.3 is 4.74 Å². The fourth-order valence-corrected chi connectivity index (χ4v) is 3.06. The molecule has 1 aromatic heterocycles. The van der Waals surface area contributed by atoms with Crippen molar-refractivity contribution in [1.82, 2.24) is 14.8 Å². The monoisotopic (exact) mass is 299 g/mol. The maximum absolute atomic E-state index is 11.3. The lowest BCUT2D eigenvalue weighted by atomic mass is 10.1. The van der Waals surface area contributed by atoms with Gasteiger partial charge in [-0.25, -0.2) is 8.42 Å². The number of aromatic nitrogens is 3. The molecule has 2 heterocycles. The van der Waals surface area contributed by atoms with E-state index in [1.807, 2.05) is 18.2 Å². The molecule has 0 radical (unpaired) electrons. The highest BCUT2D eigenvalue weighted by molar-refractivity contribution is 8.13. The predicted octanol–water partition coefficient (Wildman–Crippen LogP) is 1.34. The van der Waals surface area contributed by atoms with Crippen LogP contribution < -0.4 is 4.74 Å². The van der Waals surface area contributed by atoms with Gasteiger partial charge in [0.1, 0.15) is 5.75 Å². The van der Waals surface area contributed by atoms with Gasteiger partial charge in [-0.3, -0.25) is 4.57 Å². The first-order valence-corrected chi connectivity index (χ1v) is 7.88. The number of rotatable bonds is 2. The number of ether oxygens (including phenoxy) is 1. The number of benzene rings is 1. The Morgan fingerprint density at radius 3 is 2.84 bits per heavy atom. The molecular weight excluding hydrogens is 290 g/mol. The van der Waals surface area contributed by atoms with Crippen molar-refractivity contribution in [2.45, 2.75) is 11.6 Å². The third kappa shape index (κ3) is 2.08. The van der Waals surface area contributed by atoms with Crippen LogP contribution in [0, 0.1) is 0 Å². The molecule has 0 saturated carbocycles. The van der Waals surface area contributed by atoms with Crippen LogP contribution in [0.2, 0.25) is 0 Å². The summed E-state index contributed by atoms with van der Waals surface area (Å²) in [6.07, 6.45) is 0.835. The molecule has 1 aliphatic heterocycles. The Labute approximate surface area is 114 Å². The van der Waals surface area contributed by atoms with Crippen molar-refractivity contribution in [3.63, 3.8) is 0 Å². The van der Waals surface area contributed by atoms with Crippen LogP contribution in [0.1, 0.15) is 5.56 Å². The summed E-state index contributed by atoms with van der Waals surface area (Å²) in [5.74, 6) is 1.31. The van der Waals surface area contributed by atoms with Crippen molar-refractivity contribution in [3.8, 4) is 17.1 Å². The fourth-order valence-electron chi connectivity index (χ4n) is 2.10. The van der Waals surface area contributed by atoms with Crippen LogP contribution in [0.5, 0.6) is 5.75 Å². The largest absolute Gasteiger partial charge is 0.493 e. The van der Waals surface area contributed by atoms with E-state index in [1.54, 1.807) is 7.05 Å². The Bertz CT molecular complexity index is 755. The molecule has 0 saturated heterocycles. The highest BCUT2D eigenvalue weighted by Gasteiger charge is 2.22. The van der Waals surface area contributed by atoms with E-state index in [0.29, 0.717) is 12.4 Å². The summed E-state index contributed by atoms with van der Waals surface area (Å²) < 4.78 is 29.4. The van der Waals surface area contributed by atoms with Crippen LogP contribution in [-0.4, -0.2) is 29.8 Å². The summed E-state index contributed by atoms with van der Waals surface area (Å²) in [5.41, 5.74) is 1.86. The molecule has 1 aliphatic rings. The lowest BCUT2D eigenvalue weighted by molar-refractivity contribution is 0.357. The smallest absolute Gasteiger partial charge is 0.296 e. The van der Waals surface area contributed by atoms with Crippen molar-refractivity contribution >= 4 is 19.7 Å². The number of hydrogen-bond acceptors (Lipinski definition) is 5. The molecule has 0 amide bonds. The molecule has 2 aromatic rings. The predicted molar refractivity (Wildman–Crippen MR) is 68.7 cm³/mol. The molecule has 8 heteroatoms. The molecule has 0 aliphatic carbocycles. The Morgan fingerprint density at radius 2 is 2.16 bits per heavy atom. The second-order valence-electron chi connectivity index (χ2n) is 4.22. The van der Waals surface area contributed by atoms with E-state index in [9.17, 15) is 8.42 Å². The van der Waals surface area contributed by atoms with E-state index in [0.717, 1.165) is 23.3 Å². The standard InChI is InChI=1S/C11H10ClN3O3S/c1-15-10(13-14-11(15)19(12,16)17)8-2-3-9-7(6-8)4-5-18-9/h2-3,6H,4-5H2,1H3. The van der Waals surface area contributed by atoms with Gasteiger partial charge in [0.05, 0.1) is 6.61 Å². The van der Waals surface area contributed by atoms with Gasteiger partial charge in [0.2, 0.25) is 0 Å². The molecular formula is C11H10ClN3O3S. The molecule has 3 rings (SSSR count). The van der Waals surface area contributed by atoms with Crippen molar-refractivity contribution in [2.24, 2.45) is 7.05 Å². The molecule has 0 spiro atoms. The average molecular weight is 300 g/mol. The summed E-state index contributed by atoms with van der Waals surface area (Å²) in [6.45, 7) is 0.666. The molecule has 0 N–H and O–H groups in total. The molecule has 0 unspecified atom stereocenters. The molecule has 0 fully saturated rings. The van der Waals surface area contributed by atoms with E-state index in [4.69, 9.17) is 15.4 Å². The number of fused-ring (bicyclic) bond motifs is 1. The Morgan fingerprint density at radius 1 is 1.37 bits per heavy atom. The van der Waals surface area contributed by atoms with Crippen molar-refractivity contribution in [3.05, 3.63) is 23.8 Å². The Hall–Kier alpha value is -1.60. The minimum atomic E-state index is -3.90. The highest BCUT2D eigenvalue weighted by atomic mass is 35.7. The Balaban J connectivity index is 2.11. The second kappa shape index (κ2) is 4.21. The quantitative estimate of drug-likeness (QED) is 0.783. The first kappa shape index (κ1) is 12.4. The van der Waals surface area contributed by atoms with Gasteiger partial charge in [-0.2, -0.15) is 0 Å². The first-order chi connectivity index (χ1) is 8.97. The van der Waals surface area contributed by atoms with Crippen LogP contribution >= 0.6 is 10.7 Å². The molecule has 19 heavy (non-hydrogen) atoms. The maximum atomic E-state index is 11.3. The zero-order chi connectivity index (χ0) is 13.6. The van der Waals surface area contributed by atoms with Gasteiger partial charge in [0.25, 0.3) is 14.2 Å². The van der Waals surface area contributed by atoms with Gasteiger partial charge in [0.15, 0.2) is 5.82 Å². The zero-order valence-corrected chi connectivity index (χ0v) is 11.6. The third-order valence-corrected chi connectivity index (χ3v) is 4.21. The molecule has 100 valence electrons. The topological polar surface area (TPSA) is 74.1 Å². The normalized spacial score (nSPS) is 14.2. The summed E-state index contributed by atoms with van der Waals surface area (Å²) in [6, 6.07) is 5.59. The van der Waals surface area contributed by atoms with Gasteiger partial charge in [0, 0.05) is 29.7 Å².